The monoisotopic (exact) mass is 148 g/mol. The Kier molecular flexibility index (Phi) is 2.84. The third kappa shape index (κ3) is 2.21. The molecule has 1 N–H and O–H groups in total. The molecule has 0 aliphatic heterocycles. The molecular formula is C4H4O4S. The first kappa shape index (κ1) is 8.07. The molecule has 1 unspecified atom stereocenters. The number of rotatable bonds is 2. The summed E-state index contributed by atoms with van der Waals surface area (Å²) in [7, 11) is -1.74. The fourth-order valence-electron chi connectivity index (χ4n) is 0.225. The topological polar surface area (TPSA) is 71.4 Å². The van der Waals surface area contributed by atoms with Crippen LogP contribution in [0, 0.1) is 0 Å². The summed E-state index contributed by atoms with van der Waals surface area (Å²) in [5.74, 6) is -0.413. The number of carboxylic acids is 1. The van der Waals surface area contributed by atoms with Gasteiger partial charge in [-0.2, -0.15) is 0 Å². The Morgan fingerprint density at radius 2 is 2.11 bits per heavy atom. The fourth-order valence-corrected chi connectivity index (χ4v) is 0.589. The third-order valence-electron chi connectivity index (χ3n) is 0.574. The molecule has 0 radical (unpaired) electrons. The lowest BCUT2D eigenvalue weighted by Crippen LogP contribution is -2.05. The smallest absolute Gasteiger partial charge is 0.356 e. The third-order valence-corrected chi connectivity index (χ3v) is 1.41. The molecule has 0 amide bonds. The van der Waals surface area contributed by atoms with Gasteiger partial charge < -0.3 is 5.11 Å². The summed E-state index contributed by atoms with van der Waals surface area (Å²) >= 11 is 0. The minimum atomic E-state index is -1.74. The van der Waals surface area contributed by atoms with Crippen LogP contribution in [0.25, 0.3) is 0 Å². The lowest BCUT2D eigenvalue weighted by atomic mass is 10.6. The van der Waals surface area contributed by atoms with Crippen molar-refractivity contribution in [2.75, 3.05) is 6.26 Å². The van der Waals surface area contributed by atoms with Gasteiger partial charge in [0.05, 0.1) is 10.8 Å². The number of aliphatic carboxylic acids is 1. The van der Waals surface area contributed by atoms with Gasteiger partial charge in [0.25, 0.3) is 0 Å². The van der Waals surface area contributed by atoms with Crippen LogP contribution < -0.4 is 0 Å². The summed E-state index contributed by atoms with van der Waals surface area (Å²) in [6.07, 6.45) is 1.11. The Hall–Kier alpha value is -0.930. The van der Waals surface area contributed by atoms with Crippen LogP contribution in [0.15, 0.2) is 4.91 Å². The second-order valence-corrected chi connectivity index (χ2v) is 2.51. The van der Waals surface area contributed by atoms with E-state index in [1.165, 1.54) is 0 Å². The first-order chi connectivity index (χ1) is 4.09. The second kappa shape index (κ2) is 3.17. The maximum atomic E-state index is 10.2. The Balaban J connectivity index is 4.59. The molecule has 0 aromatic rings. The lowest BCUT2D eigenvalue weighted by Gasteiger charge is -1.86. The van der Waals surface area contributed by atoms with E-state index in [4.69, 9.17) is 5.11 Å². The van der Waals surface area contributed by atoms with Crippen molar-refractivity contribution in [3.05, 3.63) is 4.91 Å². The van der Waals surface area contributed by atoms with Gasteiger partial charge in [0.1, 0.15) is 5.94 Å². The minimum absolute atomic E-state index is 0.727. The molecule has 0 saturated carbocycles. The van der Waals surface area contributed by atoms with Gasteiger partial charge >= 0.3 is 5.97 Å². The number of hydrogen-bond donors (Lipinski definition) is 1. The molecule has 5 heteroatoms. The average molecular weight is 148 g/mol. The average Bonchev–Trinajstić information content (AvgIpc) is 1.64. The van der Waals surface area contributed by atoms with Gasteiger partial charge in [-0.15, -0.1) is 0 Å². The van der Waals surface area contributed by atoms with Gasteiger partial charge in [0, 0.05) is 6.26 Å². The maximum absolute atomic E-state index is 10.2. The van der Waals surface area contributed by atoms with Crippen molar-refractivity contribution in [2.24, 2.45) is 0 Å². The molecule has 0 aromatic carbocycles. The highest BCUT2D eigenvalue weighted by Gasteiger charge is 2.11. The van der Waals surface area contributed by atoms with Crippen LogP contribution >= 0.6 is 0 Å². The molecule has 9 heavy (non-hydrogen) atoms. The largest absolute Gasteiger partial charge is 0.477 e. The zero-order chi connectivity index (χ0) is 7.44. The molecule has 0 aliphatic carbocycles. The number of carbonyl (C=O) groups excluding carboxylic acids is 1. The first-order valence-electron chi connectivity index (χ1n) is 1.91. The minimum Gasteiger partial charge on any atom is -0.477 e. The van der Waals surface area contributed by atoms with E-state index in [0.29, 0.717) is 0 Å². The molecule has 0 saturated heterocycles. The Bertz CT molecular complexity index is 185. The van der Waals surface area contributed by atoms with Crippen LogP contribution in [0.3, 0.4) is 0 Å². The zero-order valence-corrected chi connectivity index (χ0v) is 5.40. The molecule has 0 spiro atoms. The zero-order valence-electron chi connectivity index (χ0n) is 4.58. The van der Waals surface area contributed by atoms with Crippen molar-refractivity contribution < 1.29 is 18.9 Å². The van der Waals surface area contributed by atoms with Crippen LogP contribution in [0.5, 0.6) is 0 Å². The summed E-state index contributed by atoms with van der Waals surface area (Å²) < 4.78 is 10.2. The van der Waals surface area contributed by atoms with E-state index in [1.807, 2.05) is 0 Å². The Morgan fingerprint density at radius 1 is 1.67 bits per heavy atom. The quantitative estimate of drug-likeness (QED) is 0.409. The molecule has 0 rings (SSSR count). The standard InChI is InChI=1S/C4H4O4S/c1-9(8)3(2-5)4(6)7/h1H3,(H,6,7). The molecule has 0 aliphatic rings. The van der Waals surface area contributed by atoms with E-state index in [2.05, 4.69) is 0 Å². The Morgan fingerprint density at radius 3 is 2.11 bits per heavy atom. The van der Waals surface area contributed by atoms with E-state index in [1.54, 1.807) is 0 Å². The summed E-state index contributed by atoms with van der Waals surface area (Å²) in [4.78, 5) is 18.8. The maximum Gasteiger partial charge on any atom is 0.356 e. The van der Waals surface area contributed by atoms with Gasteiger partial charge in [0.2, 0.25) is 4.91 Å². The fraction of sp³-hybridized carbons (Fsp3) is 0.250. The van der Waals surface area contributed by atoms with Crippen molar-refractivity contribution in [1.82, 2.24) is 0 Å². The van der Waals surface area contributed by atoms with Crippen LogP contribution in [-0.4, -0.2) is 27.5 Å². The van der Waals surface area contributed by atoms with E-state index in [-0.39, 0.29) is 0 Å². The molecule has 50 valence electrons. The van der Waals surface area contributed by atoms with Crippen LogP contribution in [-0.2, 0) is 20.4 Å². The normalized spacial score (nSPS) is 11.7. The van der Waals surface area contributed by atoms with Crippen molar-refractivity contribution in [3.8, 4) is 0 Å². The van der Waals surface area contributed by atoms with Crippen LogP contribution in [0.2, 0.25) is 0 Å². The molecule has 0 aromatic heterocycles. The van der Waals surface area contributed by atoms with Crippen LogP contribution in [0.1, 0.15) is 0 Å². The van der Waals surface area contributed by atoms with Gasteiger partial charge in [-0.05, 0) is 0 Å². The molecule has 0 heterocycles. The number of hydrogen-bond acceptors (Lipinski definition) is 3. The highest BCUT2D eigenvalue weighted by atomic mass is 32.2. The number of carbonyl (C=O) groups is 1. The summed E-state index contributed by atoms with van der Waals surface area (Å²) in [5.41, 5.74) is 0. The SMILES string of the molecule is CS(=O)C(=C=O)C(=O)O. The van der Waals surface area contributed by atoms with Gasteiger partial charge in [-0.1, -0.05) is 0 Å². The van der Waals surface area contributed by atoms with Gasteiger partial charge in [-0.3, -0.25) is 4.21 Å². The highest BCUT2D eigenvalue weighted by Crippen LogP contribution is 1.91. The Labute approximate surface area is 53.6 Å². The summed E-state index contributed by atoms with van der Waals surface area (Å²) in [6, 6.07) is 0. The van der Waals surface area contributed by atoms with Crippen molar-refractivity contribution in [1.29, 1.82) is 0 Å². The lowest BCUT2D eigenvalue weighted by molar-refractivity contribution is -0.131. The molecule has 0 bridgehead atoms. The van der Waals surface area contributed by atoms with Gasteiger partial charge in [0.15, 0.2) is 0 Å². The molecule has 1 atom stereocenters. The highest BCUT2D eigenvalue weighted by molar-refractivity contribution is 7.89. The second-order valence-electron chi connectivity index (χ2n) is 1.19. The van der Waals surface area contributed by atoms with Crippen LogP contribution in [0.4, 0.5) is 0 Å². The molecule has 0 fully saturated rings. The summed E-state index contributed by atoms with van der Waals surface area (Å²) in [5, 5.41) is 8.05. The predicted octanol–water partition coefficient (Wildman–Crippen LogP) is -0.835. The van der Waals surface area contributed by atoms with E-state index >= 15 is 0 Å². The summed E-state index contributed by atoms with van der Waals surface area (Å²) in [6.45, 7) is 0. The molecule has 4 nitrogen and oxygen atoms in total. The molecular weight excluding hydrogens is 144 g/mol. The predicted molar refractivity (Wildman–Crippen MR) is 30.9 cm³/mol. The first-order valence-corrected chi connectivity index (χ1v) is 3.47. The van der Waals surface area contributed by atoms with E-state index in [9.17, 15) is 13.8 Å². The van der Waals surface area contributed by atoms with Gasteiger partial charge in [-0.25, -0.2) is 9.59 Å². The van der Waals surface area contributed by atoms with Crippen molar-refractivity contribution >= 4 is 22.7 Å². The van der Waals surface area contributed by atoms with E-state index < -0.39 is 21.7 Å². The number of carboxylic acid groups (broad SMARTS) is 1. The van der Waals surface area contributed by atoms with Crippen molar-refractivity contribution in [3.63, 3.8) is 0 Å². The van der Waals surface area contributed by atoms with Crippen molar-refractivity contribution in [2.45, 2.75) is 0 Å². The van der Waals surface area contributed by atoms with E-state index in [0.717, 1.165) is 12.2 Å².